The van der Waals surface area contributed by atoms with Gasteiger partial charge in [0.1, 0.15) is 6.10 Å². The lowest BCUT2D eigenvalue weighted by molar-refractivity contribution is -0.280. The molecule has 0 bridgehead atoms. The van der Waals surface area contributed by atoms with Crippen molar-refractivity contribution in [2.45, 2.75) is 42.6 Å². The van der Waals surface area contributed by atoms with Crippen LogP contribution in [0.3, 0.4) is 0 Å². The normalized spacial score (nSPS) is 20.3. The van der Waals surface area contributed by atoms with Gasteiger partial charge in [0.25, 0.3) is 11.2 Å². The van der Waals surface area contributed by atoms with E-state index in [1.165, 1.54) is 36.4 Å². The molecular weight excluding hydrogens is 620 g/mol. The summed E-state index contributed by atoms with van der Waals surface area (Å²) in [7, 11) is 1.45. The Morgan fingerprint density at radius 3 is 1.63 bits per heavy atom. The molecule has 13 heteroatoms. The Labute approximate surface area is 262 Å². The Hall–Kier alpha value is -3.94. The minimum Gasteiger partial charge on any atom is -0.463 e. The smallest absolute Gasteiger partial charge is 0.432 e. The molecule has 3 aromatic rings. The number of rotatable bonds is 11. The first-order valence-electron chi connectivity index (χ1n) is 14.3. The number of hydrogen-bond donors (Lipinski definition) is 0. The zero-order valence-electron chi connectivity index (χ0n) is 25.0. The van der Waals surface area contributed by atoms with E-state index in [0.717, 1.165) is 44.0 Å². The van der Waals surface area contributed by atoms with E-state index >= 15 is 0 Å². The van der Waals surface area contributed by atoms with E-state index in [1.54, 1.807) is 0 Å². The minimum absolute atomic E-state index is 0.000604. The van der Waals surface area contributed by atoms with E-state index in [1.807, 2.05) is 35.2 Å². The number of carbonyl (C=O) groups is 2. The molecule has 0 aliphatic carbocycles. The average molecular weight is 654 g/mol. The van der Waals surface area contributed by atoms with Crippen LogP contribution in [0.15, 0.2) is 91.0 Å². The monoisotopic (exact) mass is 653 g/mol. The summed E-state index contributed by atoms with van der Waals surface area (Å²) in [5.41, 5.74) is -7.10. The molecular formula is C33H33F6NO6. The molecule has 1 heterocycles. The number of nitrogens with zero attached hydrogens (tertiary/aromatic N) is 1. The van der Waals surface area contributed by atoms with Crippen molar-refractivity contribution in [1.29, 1.82) is 0 Å². The fourth-order valence-electron chi connectivity index (χ4n) is 5.67. The van der Waals surface area contributed by atoms with Gasteiger partial charge in [-0.15, -0.1) is 0 Å². The van der Waals surface area contributed by atoms with Crippen molar-refractivity contribution in [1.82, 2.24) is 4.90 Å². The van der Waals surface area contributed by atoms with Crippen molar-refractivity contribution in [3.05, 3.63) is 108 Å². The lowest BCUT2D eigenvalue weighted by Gasteiger charge is -2.40. The van der Waals surface area contributed by atoms with Gasteiger partial charge in [-0.05, 0) is 12.0 Å². The summed E-state index contributed by atoms with van der Waals surface area (Å²) in [6.07, 6.45) is -11.7. The molecule has 1 aliphatic rings. The predicted molar refractivity (Wildman–Crippen MR) is 153 cm³/mol. The Kier molecular flexibility index (Phi) is 10.8. The van der Waals surface area contributed by atoms with Crippen LogP contribution in [-0.4, -0.2) is 69.2 Å². The summed E-state index contributed by atoms with van der Waals surface area (Å²) in [4.78, 5) is 28.6. The third kappa shape index (κ3) is 6.91. The fraction of sp³-hybridized carbons (Fsp3) is 0.394. The lowest BCUT2D eigenvalue weighted by atomic mass is 9.91. The molecule has 0 spiro atoms. The van der Waals surface area contributed by atoms with E-state index < -0.39 is 65.2 Å². The second-order valence-corrected chi connectivity index (χ2v) is 10.8. The lowest BCUT2D eigenvalue weighted by Crippen LogP contribution is -2.55. The van der Waals surface area contributed by atoms with Crippen LogP contribution < -0.4 is 0 Å². The number of alkyl halides is 6. The van der Waals surface area contributed by atoms with Crippen molar-refractivity contribution in [2.24, 2.45) is 5.92 Å². The molecule has 4 rings (SSSR count). The molecule has 0 N–H and O–H groups in total. The maximum Gasteiger partial charge on any atom is 0.432 e. The van der Waals surface area contributed by atoms with Crippen LogP contribution in [0.5, 0.6) is 0 Å². The highest BCUT2D eigenvalue weighted by molar-refractivity contribution is 5.83. The van der Waals surface area contributed by atoms with Gasteiger partial charge in [0.2, 0.25) is 0 Å². The molecule has 3 aromatic carbocycles. The molecule has 4 atom stereocenters. The van der Waals surface area contributed by atoms with Gasteiger partial charge in [-0.3, -0.25) is 4.90 Å². The first kappa shape index (κ1) is 34.9. The van der Waals surface area contributed by atoms with Crippen LogP contribution in [0.2, 0.25) is 0 Å². The molecule has 1 fully saturated rings. The molecule has 0 saturated carbocycles. The van der Waals surface area contributed by atoms with Crippen molar-refractivity contribution < 1.29 is 54.9 Å². The molecule has 0 unspecified atom stereocenters. The first-order valence-corrected chi connectivity index (χ1v) is 14.3. The van der Waals surface area contributed by atoms with Gasteiger partial charge in [0.05, 0.1) is 6.61 Å². The van der Waals surface area contributed by atoms with Gasteiger partial charge in [-0.25, -0.2) is 9.59 Å². The predicted octanol–water partition coefficient (Wildman–Crippen LogP) is 6.17. The summed E-state index contributed by atoms with van der Waals surface area (Å²) in [5.74, 6) is -4.54. The number of halogens is 6. The highest BCUT2D eigenvalue weighted by atomic mass is 19.4. The molecule has 0 radical (unpaired) electrons. The van der Waals surface area contributed by atoms with E-state index in [9.17, 15) is 35.9 Å². The Morgan fingerprint density at radius 1 is 0.717 bits per heavy atom. The Balaban J connectivity index is 1.63. The number of benzene rings is 3. The second kappa shape index (κ2) is 14.2. The summed E-state index contributed by atoms with van der Waals surface area (Å²) < 4.78 is 107. The van der Waals surface area contributed by atoms with Crippen molar-refractivity contribution in [3.63, 3.8) is 0 Å². The van der Waals surface area contributed by atoms with Crippen LogP contribution in [0.1, 0.15) is 23.1 Å². The molecule has 0 aromatic heterocycles. The second-order valence-electron chi connectivity index (χ2n) is 10.8. The number of ether oxygens (including phenoxy) is 4. The maximum absolute atomic E-state index is 14.5. The number of methoxy groups -OCH3 is 2. The van der Waals surface area contributed by atoms with E-state index in [2.05, 4.69) is 0 Å². The van der Waals surface area contributed by atoms with Gasteiger partial charge < -0.3 is 18.9 Å². The van der Waals surface area contributed by atoms with E-state index in [4.69, 9.17) is 18.9 Å². The Morgan fingerprint density at radius 2 is 1.17 bits per heavy atom. The number of hydrogen-bond acceptors (Lipinski definition) is 7. The van der Waals surface area contributed by atoms with Gasteiger partial charge >= 0.3 is 24.3 Å². The average Bonchev–Trinajstić information content (AvgIpc) is 3.02. The summed E-state index contributed by atoms with van der Waals surface area (Å²) in [6, 6.07) is 21.6. The van der Waals surface area contributed by atoms with Crippen molar-refractivity contribution in [2.75, 3.05) is 33.9 Å². The van der Waals surface area contributed by atoms with Gasteiger partial charge in [-0.2, -0.15) is 26.3 Å². The quantitative estimate of drug-likeness (QED) is 0.181. The topological polar surface area (TPSA) is 74.3 Å². The van der Waals surface area contributed by atoms with Gasteiger partial charge in [0, 0.05) is 50.9 Å². The molecule has 248 valence electrons. The van der Waals surface area contributed by atoms with Crippen LogP contribution >= 0.6 is 0 Å². The highest BCUT2D eigenvalue weighted by Gasteiger charge is 2.65. The van der Waals surface area contributed by atoms with Crippen LogP contribution in [-0.2, 0) is 46.3 Å². The van der Waals surface area contributed by atoms with Gasteiger partial charge in [-0.1, -0.05) is 91.0 Å². The number of carbonyl (C=O) groups excluding carboxylic acids is 2. The molecule has 1 aliphatic heterocycles. The molecule has 1 saturated heterocycles. The van der Waals surface area contributed by atoms with Crippen molar-refractivity contribution in [3.8, 4) is 0 Å². The van der Waals surface area contributed by atoms with E-state index in [0.29, 0.717) is 6.54 Å². The zero-order chi connectivity index (χ0) is 33.6. The summed E-state index contributed by atoms with van der Waals surface area (Å²) in [6.45, 7) is -0.0411. The minimum atomic E-state index is -5.24. The third-order valence-corrected chi connectivity index (χ3v) is 8.03. The molecule has 7 nitrogen and oxygen atoms in total. The number of likely N-dealkylation sites (tertiary alicyclic amines) is 1. The van der Waals surface area contributed by atoms with Crippen LogP contribution in [0.25, 0.3) is 0 Å². The zero-order valence-corrected chi connectivity index (χ0v) is 25.0. The first-order chi connectivity index (χ1) is 21.8. The van der Waals surface area contributed by atoms with Gasteiger partial charge in [0.15, 0.2) is 0 Å². The van der Waals surface area contributed by atoms with Crippen LogP contribution in [0, 0.1) is 5.92 Å². The largest absolute Gasteiger partial charge is 0.463 e. The highest BCUT2D eigenvalue weighted by Crippen LogP contribution is 2.45. The van der Waals surface area contributed by atoms with Crippen molar-refractivity contribution >= 4 is 11.9 Å². The maximum atomic E-state index is 14.5. The standard InChI is InChI=1S/C33H33F6NO6/c1-43-30(32(34,35)36,25-14-8-4-9-15-25)28(41)45-22-24-21-40(20-23-12-6-3-7-13-23)19-18-27(24)46-29(42)31(44-2,33(37,38)39)26-16-10-5-11-17-26/h3-17,24,27H,18-22H2,1-2H3/t24-,27+,30-,31-/m1/s1. The molecule has 46 heavy (non-hydrogen) atoms. The molecule has 0 amide bonds. The summed E-state index contributed by atoms with van der Waals surface area (Å²) >= 11 is 0. The summed E-state index contributed by atoms with van der Waals surface area (Å²) in [5, 5.41) is 0. The van der Waals surface area contributed by atoms with Crippen LogP contribution in [0.4, 0.5) is 26.3 Å². The number of esters is 2. The Bertz CT molecular complexity index is 1440. The number of piperidine rings is 1. The third-order valence-electron chi connectivity index (χ3n) is 8.03. The van der Waals surface area contributed by atoms with E-state index in [-0.39, 0.29) is 19.5 Å². The fourth-order valence-corrected chi connectivity index (χ4v) is 5.67. The SMILES string of the molecule is CO[C@@](C(=O)OC[C@H]1CN(Cc2ccccc2)CC[C@@H]1OC(=O)[C@](OC)(c1ccccc1)C(F)(F)F)(c1ccccc1)C(F)(F)F.